The lowest BCUT2D eigenvalue weighted by Crippen LogP contribution is -2.50. The molecule has 19 heavy (non-hydrogen) atoms. The van der Waals surface area contributed by atoms with Gasteiger partial charge in [-0.1, -0.05) is 29.8 Å². The van der Waals surface area contributed by atoms with Gasteiger partial charge in [-0.2, -0.15) is 0 Å². The van der Waals surface area contributed by atoms with E-state index in [0.717, 1.165) is 18.4 Å². The number of carbonyl (C=O) groups excluding carboxylic acids is 1. The number of hydrogen-bond donors (Lipinski definition) is 1. The molecule has 0 bridgehead atoms. The van der Waals surface area contributed by atoms with Gasteiger partial charge in [0.05, 0.1) is 18.7 Å². The van der Waals surface area contributed by atoms with Gasteiger partial charge in [-0.3, -0.25) is 4.79 Å². The fourth-order valence-electron chi connectivity index (χ4n) is 2.42. The molecule has 3 rings (SSSR count). The van der Waals surface area contributed by atoms with Crippen LogP contribution in [-0.4, -0.2) is 36.0 Å². The Bertz CT molecular complexity index is 502. The molecule has 1 saturated carbocycles. The molecule has 0 aromatic heterocycles. The molecule has 1 atom stereocenters. The first kappa shape index (κ1) is 12.9. The molecule has 1 aliphatic heterocycles. The highest BCUT2D eigenvalue weighted by Crippen LogP contribution is 2.36. The van der Waals surface area contributed by atoms with Gasteiger partial charge in [0.2, 0.25) is 5.91 Å². The second-order valence-corrected chi connectivity index (χ2v) is 5.70. The Morgan fingerprint density at radius 3 is 2.84 bits per heavy atom. The lowest BCUT2D eigenvalue weighted by molar-refractivity contribution is -0.141. The molecule has 4 nitrogen and oxygen atoms in total. The summed E-state index contributed by atoms with van der Waals surface area (Å²) in [4.78, 5) is 14.1. The van der Waals surface area contributed by atoms with Crippen LogP contribution in [0.5, 0.6) is 0 Å². The molecule has 102 valence electrons. The van der Waals surface area contributed by atoms with Gasteiger partial charge in [-0.05, 0) is 18.9 Å². The predicted molar refractivity (Wildman–Crippen MR) is 72.9 cm³/mol. The standard InChI is InChI=1S/C14H17ClN2O2/c15-11-4-2-1-3-10(11)12-9-17(7-8-19-12)13(18)14(16)5-6-14/h1-4,12H,5-9,16H2. The van der Waals surface area contributed by atoms with Crippen molar-refractivity contribution < 1.29 is 9.53 Å². The Balaban J connectivity index is 1.75. The van der Waals surface area contributed by atoms with Gasteiger partial charge >= 0.3 is 0 Å². The molecule has 1 aliphatic carbocycles. The quantitative estimate of drug-likeness (QED) is 0.898. The lowest BCUT2D eigenvalue weighted by atomic mass is 10.1. The lowest BCUT2D eigenvalue weighted by Gasteiger charge is -2.35. The molecule has 5 heteroatoms. The number of ether oxygens (including phenoxy) is 1. The Hall–Kier alpha value is -1.10. The summed E-state index contributed by atoms with van der Waals surface area (Å²) in [7, 11) is 0. The van der Waals surface area contributed by atoms with Crippen molar-refractivity contribution in [2.75, 3.05) is 19.7 Å². The summed E-state index contributed by atoms with van der Waals surface area (Å²) in [5.74, 6) is 0.0489. The van der Waals surface area contributed by atoms with E-state index < -0.39 is 5.54 Å². The third-order valence-corrected chi connectivity index (χ3v) is 4.16. The Morgan fingerprint density at radius 2 is 2.16 bits per heavy atom. The number of rotatable bonds is 2. The van der Waals surface area contributed by atoms with Crippen molar-refractivity contribution in [1.82, 2.24) is 4.90 Å². The Labute approximate surface area is 117 Å². The monoisotopic (exact) mass is 280 g/mol. The normalized spacial score (nSPS) is 25.2. The summed E-state index contributed by atoms with van der Waals surface area (Å²) in [5.41, 5.74) is 6.30. The van der Waals surface area contributed by atoms with E-state index in [2.05, 4.69) is 0 Å². The molecule has 2 N–H and O–H groups in total. The second-order valence-electron chi connectivity index (χ2n) is 5.29. The van der Waals surface area contributed by atoms with Crippen LogP contribution in [0.25, 0.3) is 0 Å². The van der Waals surface area contributed by atoms with E-state index in [1.807, 2.05) is 29.2 Å². The maximum absolute atomic E-state index is 12.3. The summed E-state index contributed by atoms with van der Waals surface area (Å²) in [6.07, 6.45) is 1.42. The van der Waals surface area contributed by atoms with E-state index in [9.17, 15) is 4.79 Å². The zero-order chi connectivity index (χ0) is 13.5. The van der Waals surface area contributed by atoms with E-state index in [4.69, 9.17) is 22.1 Å². The molecule has 0 radical (unpaired) electrons. The van der Waals surface area contributed by atoms with Crippen molar-refractivity contribution in [1.29, 1.82) is 0 Å². The van der Waals surface area contributed by atoms with Crippen LogP contribution in [0, 0.1) is 0 Å². The molecule has 2 fully saturated rings. The number of benzene rings is 1. The van der Waals surface area contributed by atoms with Crippen LogP contribution in [0.2, 0.25) is 5.02 Å². The van der Waals surface area contributed by atoms with E-state index in [0.29, 0.717) is 24.7 Å². The highest BCUT2D eigenvalue weighted by atomic mass is 35.5. The smallest absolute Gasteiger partial charge is 0.242 e. The van der Waals surface area contributed by atoms with Crippen molar-refractivity contribution in [3.05, 3.63) is 34.9 Å². The number of carbonyl (C=O) groups is 1. The van der Waals surface area contributed by atoms with Crippen molar-refractivity contribution in [2.45, 2.75) is 24.5 Å². The van der Waals surface area contributed by atoms with E-state index in [1.54, 1.807) is 0 Å². The number of hydrogen-bond acceptors (Lipinski definition) is 3. The van der Waals surface area contributed by atoms with Gasteiger partial charge in [-0.25, -0.2) is 0 Å². The highest BCUT2D eigenvalue weighted by molar-refractivity contribution is 6.31. The number of halogens is 1. The molecular weight excluding hydrogens is 264 g/mol. The van der Waals surface area contributed by atoms with Gasteiger partial charge in [0.15, 0.2) is 0 Å². The maximum Gasteiger partial charge on any atom is 0.242 e. The second kappa shape index (κ2) is 4.78. The van der Waals surface area contributed by atoms with E-state index in [-0.39, 0.29) is 12.0 Å². The number of morpholine rings is 1. The van der Waals surface area contributed by atoms with Crippen LogP contribution < -0.4 is 5.73 Å². The first-order valence-electron chi connectivity index (χ1n) is 6.54. The molecule has 1 heterocycles. The molecule has 0 spiro atoms. The number of nitrogens with zero attached hydrogens (tertiary/aromatic N) is 1. The summed E-state index contributed by atoms with van der Waals surface area (Å²) in [5, 5.41) is 0.677. The van der Waals surface area contributed by atoms with Gasteiger partial charge in [-0.15, -0.1) is 0 Å². The minimum absolute atomic E-state index is 0.0489. The maximum atomic E-state index is 12.3. The largest absolute Gasteiger partial charge is 0.370 e. The van der Waals surface area contributed by atoms with Crippen molar-refractivity contribution in [3.8, 4) is 0 Å². The topological polar surface area (TPSA) is 55.6 Å². The zero-order valence-electron chi connectivity index (χ0n) is 10.6. The molecule has 1 unspecified atom stereocenters. The summed E-state index contributed by atoms with van der Waals surface area (Å²) >= 11 is 6.18. The van der Waals surface area contributed by atoms with Gasteiger partial charge in [0.1, 0.15) is 6.10 Å². The van der Waals surface area contributed by atoms with Crippen LogP contribution >= 0.6 is 11.6 Å². The fourth-order valence-corrected chi connectivity index (χ4v) is 2.68. The van der Waals surface area contributed by atoms with Crippen molar-refractivity contribution in [2.24, 2.45) is 5.73 Å². The van der Waals surface area contributed by atoms with E-state index in [1.165, 1.54) is 0 Å². The minimum atomic E-state index is -0.609. The number of amides is 1. The average Bonchev–Trinajstić information content (AvgIpc) is 3.18. The summed E-state index contributed by atoms with van der Waals surface area (Å²) < 4.78 is 5.74. The SMILES string of the molecule is NC1(C(=O)N2CCOC(c3ccccc3Cl)C2)CC1. The molecule has 1 aromatic rings. The van der Waals surface area contributed by atoms with Crippen molar-refractivity contribution >= 4 is 17.5 Å². The highest BCUT2D eigenvalue weighted by Gasteiger charge is 2.48. The summed E-state index contributed by atoms with van der Waals surface area (Å²) in [6.45, 7) is 1.66. The predicted octanol–water partition coefficient (Wildman–Crippen LogP) is 1.73. The Morgan fingerprint density at radius 1 is 1.42 bits per heavy atom. The average molecular weight is 281 g/mol. The van der Waals surface area contributed by atoms with Gasteiger partial charge < -0.3 is 15.4 Å². The van der Waals surface area contributed by atoms with E-state index >= 15 is 0 Å². The third kappa shape index (κ3) is 2.48. The number of nitrogens with two attached hydrogens (primary N) is 1. The van der Waals surface area contributed by atoms with Gasteiger partial charge in [0.25, 0.3) is 0 Å². The van der Waals surface area contributed by atoms with Crippen molar-refractivity contribution in [3.63, 3.8) is 0 Å². The third-order valence-electron chi connectivity index (χ3n) is 3.82. The molecule has 1 aromatic carbocycles. The first-order chi connectivity index (χ1) is 9.10. The fraction of sp³-hybridized carbons (Fsp3) is 0.500. The van der Waals surface area contributed by atoms with Gasteiger partial charge in [0, 0.05) is 17.1 Å². The molecule has 1 amide bonds. The van der Waals surface area contributed by atoms with Crippen LogP contribution in [0.15, 0.2) is 24.3 Å². The van der Waals surface area contributed by atoms with Crippen LogP contribution in [0.4, 0.5) is 0 Å². The first-order valence-corrected chi connectivity index (χ1v) is 6.92. The Kier molecular flexibility index (Phi) is 3.25. The summed E-state index contributed by atoms with van der Waals surface area (Å²) in [6, 6.07) is 7.59. The zero-order valence-corrected chi connectivity index (χ0v) is 11.4. The van der Waals surface area contributed by atoms with Crippen LogP contribution in [0.3, 0.4) is 0 Å². The minimum Gasteiger partial charge on any atom is -0.370 e. The van der Waals surface area contributed by atoms with Crippen LogP contribution in [-0.2, 0) is 9.53 Å². The molecule has 1 saturated heterocycles. The molecular formula is C14H17ClN2O2. The van der Waals surface area contributed by atoms with Crippen LogP contribution in [0.1, 0.15) is 24.5 Å². The molecule has 2 aliphatic rings.